The van der Waals surface area contributed by atoms with Crippen molar-refractivity contribution in [1.82, 2.24) is 0 Å². The summed E-state index contributed by atoms with van der Waals surface area (Å²) < 4.78 is 0. The summed E-state index contributed by atoms with van der Waals surface area (Å²) in [6, 6.07) is 3.04. The number of hydrogen-bond donors (Lipinski definition) is 0. The first kappa shape index (κ1) is 10.8. The van der Waals surface area contributed by atoms with Crippen LogP contribution < -0.4 is 0 Å². The highest BCUT2D eigenvalue weighted by Gasteiger charge is 2.21. The zero-order chi connectivity index (χ0) is 9.14. The second-order valence-electron chi connectivity index (χ2n) is 2.04. The van der Waals surface area contributed by atoms with Crippen LogP contribution >= 0.6 is 0 Å². The molecule has 13 heavy (non-hydrogen) atoms. The normalized spacial score (nSPS) is 14.6. The van der Waals surface area contributed by atoms with Gasteiger partial charge in [-0.25, -0.2) is 0 Å². The molecular formula is C9H6N2O2. The molecule has 1 rings (SSSR count). The Morgan fingerprint density at radius 1 is 0.923 bits per heavy atom. The Morgan fingerprint density at radius 3 is 1.46 bits per heavy atom. The maximum Gasteiger partial charge on any atom is 0.197 e. The Bertz CT molecular complexity index is 364. The highest BCUT2D eigenvalue weighted by atomic mass is 16.1. The minimum absolute atomic E-state index is 0. The third-order valence-electron chi connectivity index (χ3n) is 1.35. The van der Waals surface area contributed by atoms with E-state index in [-0.39, 0.29) is 18.6 Å². The molecule has 0 aliphatic heterocycles. The Hall–Kier alpha value is -2.20. The van der Waals surface area contributed by atoms with Gasteiger partial charge in [0, 0.05) is 0 Å². The van der Waals surface area contributed by atoms with Gasteiger partial charge in [-0.15, -0.1) is 0 Å². The number of hydrogen-bond acceptors (Lipinski definition) is 4. The molecule has 0 bridgehead atoms. The average molecular weight is 174 g/mol. The molecule has 0 aromatic heterocycles. The van der Waals surface area contributed by atoms with Gasteiger partial charge < -0.3 is 0 Å². The fraction of sp³-hybridized carbons (Fsp3) is 0.111. The van der Waals surface area contributed by atoms with Crippen molar-refractivity contribution in [3.63, 3.8) is 0 Å². The number of nitriles is 2. The number of ketones is 2. The number of carbonyl (C=O) groups is 2. The number of allylic oxidation sites excluding steroid dienone is 4. The lowest BCUT2D eigenvalue weighted by atomic mass is 9.97. The summed E-state index contributed by atoms with van der Waals surface area (Å²) >= 11 is 0. The second kappa shape index (κ2) is 3.99. The van der Waals surface area contributed by atoms with Crippen LogP contribution in [0.3, 0.4) is 0 Å². The van der Waals surface area contributed by atoms with Crippen LogP contribution in [-0.2, 0) is 9.59 Å². The van der Waals surface area contributed by atoms with E-state index in [9.17, 15) is 9.59 Å². The molecule has 0 atom stereocenters. The molecule has 4 nitrogen and oxygen atoms in total. The summed E-state index contributed by atoms with van der Waals surface area (Å²) in [5.41, 5.74) is -0.741. The molecular weight excluding hydrogens is 168 g/mol. The van der Waals surface area contributed by atoms with Crippen LogP contribution in [0.1, 0.15) is 7.43 Å². The largest absolute Gasteiger partial charge is 0.288 e. The third-order valence-corrected chi connectivity index (χ3v) is 1.35. The molecule has 0 aromatic rings. The maximum absolute atomic E-state index is 10.9. The molecule has 0 saturated carbocycles. The van der Waals surface area contributed by atoms with Crippen LogP contribution in [0, 0.1) is 22.7 Å². The maximum atomic E-state index is 10.9. The Morgan fingerprint density at radius 2 is 1.23 bits per heavy atom. The van der Waals surface area contributed by atoms with Crippen LogP contribution in [0.4, 0.5) is 0 Å². The van der Waals surface area contributed by atoms with E-state index in [4.69, 9.17) is 10.5 Å². The van der Waals surface area contributed by atoms with Gasteiger partial charge in [0.25, 0.3) is 0 Å². The Labute approximate surface area is 75.4 Å². The van der Waals surface area contributed by atoms with Crippen molar-refractivity contribution >= 4 is 11.6 Å². The van der Waals surface area contributed by atoms with Crippen LogP contribution in [0.5, 0.6) is 0 Å². The number of carbonyl (C=O) groups excluding carboxylic acids is 2. The summed E-state index contributed by atoms with van der Waals surface area (Å²) in [6.07, 6.45) is 1.98. The van der Waals surface area contributed by atoms with Gasteiger partial charge in [-0.2, -0.15) is 10.5 Å². The van der Waals surface area contributed by atoms with Gasteiger partial charge in [0.05, 0.1) is 0 Å². The fourth-order valence-electron chi connectivity index (χ4n) is 0.786. The minimum atomic E-state index is -0.589. The SMILES string of the molecule is C.N#CC1=C(C#N)C(=O)C=CC1=O. The second-order valence-corrected chi connectivity index (χ2v) is 2.04. The van der Waals surface area contributed by atoms with Crippen molar-refractivity contribution in [2.45, 2.75) is 7.43 Å². The average Bonchev–Trinajstić information content (AvgIpc) is 2.08. The topological polar surface area (TPSA) is 81.7 Å². The molecule has 1 aliphatic rings. The van der Waals surface area contributed by atoms with Crippen LogP contribution in [0.2, 0.25) is 0 Å². The Balaban J connectivity index is 0.00000144. The van der Waals surface area contributed by atoms with Gasteiger partial charge in [-0.05, 0) is 12.2 Å². The summed E-state index contributed by atoms with van der Waals surface area (Å²) in [6.45, 7) is 0. The van der Waals surface area contributed by atoms with Crippen molar-refractivity contribution in [3.8, 4) is 12.1 Å². The van der Waals surface area contributed by atoms with Gasteiger partial charge in [-0.3, -0.25) is 9.59 Å². The lowest BCUT2D eigenvalue weighted by Gasteiger charge is -2.00. The first-order valence-corrected chi connectivity index (χ1v) is 3.02. The predicted molar refractivity (Wildman–Crippen MR) is 44.1 cm³/mol. The quantitative estimate of drug-likeness (QED) is 0.505. The van der Waals surface area contributed by atoms with E-state index in [1.165, 1.54) is 12.1 Å². The molecule has 0 spiro atoms. The predicted octanol–water partition coefficient (Wildman–Crippen LogP) is 0.674. The van der Waals surface area contributed by atoms with Gasteiger partial charge in [0.15, 0.2) is 11.6 Å². The Kier molecular flexibility index (Phi) is 3.31. The highest BCUT2D eigenvalue weighted by molar-refractivity contribution is 6.23. The van der Waals surface area contributed by atoms with E-state index in [1.807, 2.05) is 0 Å². The van der Waals surface area contributed by atoms with Crippen molar-refractivity contribution in [2.24, 2.45) is 0 Å². The molecule has 4 heteroatoms. The van der Waals surface area contributed by atoms with Gasteiger partial charge in [0.2, 0.25) is 0 Å². The molecule has 64 valence electrons. The van der Waals surface area contributed by atoms with Crippen molar-refractivity contribution < 1.29 is 9.59 Å². The van der Waals surface area contributed by atoms with E-state index in [1.54, 1.807) is 0 Å². The van der Waals surface area contributed by atoms with E-state index in [2.05, 4.69) is 0 Å². The van der Waals surface area contributed by atoms with Crippen LogP contribution in [-0.4, -0.2) is 11.6 Å². The molecule has 0 unspecified atom stereocenters. The molecule has 0 fully saturated rings. The third kappa shape index (κ3) is 1.69. The molecule has 0 heterocycles. The standard InChI is InChI=1S/C8H2N2O2.CH4/c9-3-5-6(4-10)8(12)2-1-7(5)11;/h1-2H;1H4. The van der Waals surface area contributed by atoms with E-state index < -0.39 is 11.6 Å². The molecule has 0 radical (unpaired) electrons. The first-order valence-electron chi connectivity index (χ1n) is 3.02. The lowest BCUT2D eigenvalue weighted by molar-refractivity contribution is -0.114. The van der Waals surface area contributed by atoms with Crippen LogP contribution in [0.25, 0.3) is 0 Å². The molecule has 0 N–H and O–H groups in total. The molecule has 0 amide bonds. The van der Waals surface area contributed by atoms with E-state index in [0.29, 0.717) is 0 Å². The molecule has 0 aromatic carbocycles. The minimum Gasteiger partial charge on any atom is -0.288 e. The van der Waals surface area contributed by atoms with Crippen molar-refractivity contribution in [2.75, 3.05) is 0 Å². The van der Waals surface area contributed by atoms with Crippen molar-refractivity contribution in [3.05, 3.63) is 23.3 Å². The highest BCUT2D eigenvalue weighted by Crippen LogP contribution is 2.11. The number of rotatable bonds is 0. The summed E-state index contributed by atoms with van der Waals surface area (Å²) in [7, 11) is 0. The van der Waals surface area contributed by atoms with E-state index >= 15 is 0 Å². The zero-order valence-corrected chi connectivity index (χ0v) is 5.87. The smallest absolute Gasteiger partial charge is 0.197 e. The monoisotopic (exact) mass is 174 g/mol. The van der Waals surface area contributed by atoms with Crippen molar-refractivity contribution in [1.29, 1.82) is 10.5 Å². The van der Waals surface area contributed by atoms with Gasteiger partial charge in [-0.1, -0.05) is 7.43 Å². The first-order chi connectivity index (χ1) is 5.70. The summed E-state index contributed by atoms with van der Waals surface area (Å²) in [5.74, 6) is -1.18. The fourth-order valence-corrected chi connectivity index (χ4v) is 0.786. The molecule has 0 saturated heterocycles. The summed E-state index contributed by atoms with van der Waals surface area (Å²) in [4.78, 5) is 21.7. The van der Waals surface area contributed by atoms with E-state index in [0.717, 1.165) is 12.2 Å². The molecule has 1 aliphatic carbocycles. The lowest BCUT2D eigenvalue weighted by Crippen LogP contribution is -2.12. The van der Waals surface area contributed by atoms with Gasteiger partial charge >= 0.3 is 0 Å². The van der Waals surface area contributed by atoms with Crippen LogP contribution in [0.15, 0.2) is 23.3 Å². The zero-order valence-electron chi connectivity index (χ0n) is 5.87. The summed E-state index contributed by atoms with van der Waals surface area (Å²) in [5, 5.41) is 16.8. The van der Waals surface area contributed by atoms with Gasteiger partial charge in [0.1, 0.15) is 23.3 Å². The number of nitrogens with zero attached hydrogens (tertiary/aromatic N) is 2.